The Labute approximate surface area is 182 Å². The summed E-state index contributed by atoms with van der Waals surface area (Å²) in [6.45, 7) is 0.228. The number of nitrogens with one attached hydrogen (secondary N) is 1. The minimum absolute atomic E-state index is 0.169. The average Bonchev–Trinajstić information content (AvgIpc) is 2.95. The maximum atomic E-state index is 12.7. The molecule has 0 aliphatic carbocycles. The number of amides is 1. The van der Waals surface area contributed by atoms with Gasteiger partial charge in [0.2, 0.25) is 0 Å². The first-order valence-electron chi connectivity index (χ1n) is 8.09. The Morgan fingerprint density at radius 3 is 2.54 bits per heavy atom. The van der Waals surface area contributed by atoms with Crippen LogP contribution in [0.15, 0.2) is 41.3 Å². The molecule has 28 heavy (non-hydrogen) atoms. The summed E-state index contributed by atoms with van der Waals surface area (Å²) >= 11 is 18.5. The first-order valence-corrected chi connectivity index (χ1v) is 10.1. The first-order chi connectivity index (χ1) is 13.4. The molecule has 0 saturated carbocycles. The van der Waals surface area contributed by atoms with Gasteiger partial charge in [-0.3, -0.25) is 9.69 Å². The van der Waals surface area contributed by atoms with Crippen LogP contribution in [0.2, 0.25) is 10.0 Å². The molecule has 1 N–H and O–H groups in total. The molecule has 1 amide bonds. The second-order valence-electron chi connectivity index (χ2n) is 5.69. The molecule has 1 fully saturated rings. The highest BCUT2D eigenvalue weighted by Crippen LogP contribution is 2.34. The number of carbonyl (C=O) groups excluding carboxylic acids is 1. The van der Waals surface area contributed by atoms with Gasteiger partial charge < -0.3 is 14.8 Å². The Bertz CT molecular complexity index is 966. The third kappa shape index (κ3) is 4.55. The lowest BCUT2D eigenvalue weighted by Gasteiger charge is -2.16. The van der Waals surface area contributed by atoms with Crippen LogP contribution in [-0.2, 0) is 4.79 Å². The van der Waals surface area contributed by atoms with Gasteiger partial charge in [0.25, 0.3) is 5.91 Å². The van der Waals surface area contributed by atoms with Gasteiger partial charge >= 0.3 is 0 Å². The number of carbonyl (C=O) groups is 1. The zero-order chi connectivity index (χ0) is 20.3. The Morgan fingerprint density at radius 1 is 1.11 bits per heavy atom. The highest BCUT2D eigenvalue weighted by molar-refractivity contribution is 8.26. The van der Waals surface area contributed by atoms with Gasteiger partial charge in [-0.2, -0.15) is 0 Å². The summed E-state index contributed by atoms with van der Waals surface area (Å²) in [5.74, 6) is 1.04. The lowest BCUT2D eigenvalue weighted by atomic mass is 10.2. The van der Waals surface area contributed by atoms with Crippen molar-refractivity contribution >= 4 is 69.2 Å². The summed E-state index contributed by atoms with van der Waals surface area (Å²) in [5, 5.41) is 4.03. The molecule has 1 saturated heterocycles. The van der Waals surface area contributed by atoms with Crippen molar-refractivity contribution in [3.63, 3.8) is 0 Å². The molecular formula is C19H16Cl2N2O3S2. The molecule has 1 aliphatic rings. The van der Waals surface area contributed by atoms with Gasteiger partial charge in [0, 0.05) is 5.69 Å². The van der Waals surface area contributed by atoms with Crippen molar-refractivity contribution in [2.24, 2.45) is 0 Å². The predicted molar refractivity (Wildman–Crippen MR) is 120 cm³/mol. The second-order valence-corrected chi connectivity index (χ2v) is 8.18. The monoisotopic (exact) mass is 454 g/mol. The molecule has 1 aliphatic heterocycles. The number of hydrogen-bond acceptors (Lipinski definition) is 6. The van der Waals surface area contributed by atoms with Crippen LogP contribution in [0.5, 0.6) is 11.5 Å². The maximum absolute atomic E-state index is 12.7. The lowest BCUT2D eigenvalue weighted by molar-refractivity contribution is -0.121. The molecule has 3 rings (SSSR count). The molecular weight excluding hydrogens is 439 g/mol. The SMILES string of the molecule is COc1ccc(C=C2SC(=S)N(CNc3ccc(Cl)c(Cl)c3)C2=O)cc1OC. The van der Waals surface area contributed by atoms with E-state index < -0.39 is 0 Å². The van der Waals surface area contributed by atoms with E-state index in [0.717, 1.165) is 11.3 Å². The fraction of sp³-hybridized carbons (Fsp3) is 0.158. The quantitative estimate of drug-likeness (QED) is 0.473. The van der Waals surface area contributed by atoms with E-state index in [1.54, 1.807) is 50.6 Å². The zero-order valence-corrected chi connectivity index (χ0v) is 18.1. The maximum Gasteiger partial charge on any atom is 0.267 e. The van der Waals surface area contributed by atoms with Gasteiger partial charge in [0.05, 0.1) is 35.8 Å². The fourth-order valence-corrected chi connectivity index (χ4v) is 4.06. The number of halogens is 2. The van der Waals surface area contributed by atoms with Crippen LogP contribution in [0, 0.1) is 0 Å². The smallest absolute Gasteiger partial charge is 0.267 e. The molecule has 0 bridgehead atoms. The number of methoxy groups -OCH3 is 2. The van der Waals surface area contributed by atoms with E-state index in [4.69, 9.17) is 44.9 Å². The van der Waals surface area contributed by atoms with E-state index in [2.05, 4.69) is 5.32 Å². The van der Waals surface area contributed by atoms with E-state index in [9.17, 15) is 4.79 Å². The largest absolute Gasteiger partial charge is 0.493 e. The van der Waals surface area contributed by atoms with Crippen molar-refractivity contribution in [2.75, 3.05) is 26.2 Å². The van der Waals surface area contributed by atoms with Gasteiger partial charge in [-0.05, 0) is 42.0 Å². The average molecular weight is 455 g/mol. The summed E-state index contributed by atoms with van der Waals surface area (Å²) in [6.07, 6.45) is 1.78. The molecule has 9 heteroatoms. The van der Waals surface area contributed by atoms with Crippen molar-refractivity contribution in [2.45, 2.75) is 0 Å². The van der Waals surface area contributed by atoms with Crippen LogP contribution in [0.3, 0.4) is 0 Å². The van der Waals surface area contributed by atoms with E-state index >= 15 is 0 Å². The van der Waals surface area contributed by atoms with E-state index in [1.807, 2.05) is 6.07 Å². The molecule has 5 nitrogen and oxygen atoms in total. The zero-order valence-electron chi connectivity index (χ0n) is 15.0. The lowest BCUT2D eigenvalue weighted by Crippen LogP contribution is -2.33. The van der Waals surface area contributed by atoms with E-state index in [0.29, 0.717) is 30.8 Å². The van der Waals surface area contributed by atoms with Crippen molar-refractivity contribution in [1.82, 2.24) is 4.90 Å². The molecule has 1 heterocycles. The fourth-order valence-electron chi connectivity index (χ4n) is 2.51. The summed E-state index contributed by atoms with van der Waals surface area (Å²) in [4.78, 5) is 14.8. The highest BCUT2D eigenvalue weighted by atomic mass is 35.5. The number of rotatable bonds is 6. The van der Waals surface area contributed by atoms with Crippen LogP contribution in [0.4, 0.5) is 5.69 Å². The molecule has 2 aromatic carbocycles. The molecule has 0 unspecified atom stereocenters. The number of hydrogen-bond donors (Lipinski definition) is 1. The van der Waals surface area contributed by atoms with E-state index in [1.165, 1.54) is 16.7 Å². The summed E-state index contributed by atoms with van der Waals surface area (Å²) in [6, 6.07) is 10.6. The van der Waals surface area contributed by atoms with Crippen LogP contribution in [0.25, 0.3) is 6.08 Å². The van der Waals surface area contributed by atoms with Crippen LogP contribution < -0.4 is 14.8 Å². The molecule has 146 valence electrons. The second kappa shape index (κ2) is 9.05. The van der Waals surface area contributed by atoms with Crippen LogP contribution in [0.1, 0.15) is 5.56 Å². The van der Waals surface area contributed by atoms with Crippen molar-refractivity contribution in [3.8, 4) is 11.5 Å². The van der Waals surface area contributed by atoms with Crippen LogP contribution in [-0.4, -0.2) is 36.0 Å². The number of thioether (sulfide) groups is 1. The van der Waals surface area contributed by atoms with Gasteiger partial charge in [-0.15, -0.1) is 0 Å². The predicted octanol–water partition coefficient (Wildman–Crippen LogP) is 5.28. The van der Waals surface area contributed by atoms with Crippen molar-refractivity contribution < 1.29 is 14.3 Å². The minimum Gasteiger partial charge on any atom is -0.493 e. The third-order valence-electron chi connectivity index (χ3n) is 3.94. The van der Waals surface area contributed by atoms with Gasteiger partial charge in [0.1, 0.15) is 4.32 Å². The summed E-state index contributed by atoms with van der Waals surface area (Å²) in [5.41, 5.74) is 1.56. The normalized spacial score (nSPS) is 15.3. The number of ether oxygens (including phenoxy) is 2. The molecule has 2 aromatic rings. The Hall–Kier alpha value is -1.93. The van der Waals surface area contributed by atoms with Crippen molar-refractivity contribution in [1.29, 1.82) is 0 Å². The summed E-state index contributed by atoms with van der Waals surface area (Å²) < 4.78 is 11.0. The minimum atomic E-state index is -0.169. The Morgan fingerprint density at radius 2 is 1.86 bits per heavy atom. The highest BCUT2D eigenvalue weighted by Gasteiger charge is 2.31. The summed E-state index contributed by atoms with van der Waals surface area (Å²) in [7, 11) is 3.14. The molecule has 0 atom stereocenters. The van der Waals surface area contributed by atoms with Crippen LogP contribution >= 0.6 is 47.2 Å². The number of thiocarbonyl (C=S) groups is 1. The van der Waals surface area contributed by atoms with Crippen molar-refractivity contribution in [3.05, 3.63) is 56.9 Å². The first kappa shape index (κ1) is 20.8. The Kier molecular flexibility index (Phi) is 6.72. The standard InChI is InChI=1S/C19H16Cl2N2O3S2/c1-25-15-6-3-11(7-16(15)26-2)8-17-18(24)23(19(27)28-17)10-22-12-4-5-13(20)14(21)9-12/h3-9,22H,10H2,1-2H3. The van der Waals surface area contributed by atoms with Gasteiger partial charge in [0.15, 0.2) is 11.5 Å². The third-order valence-corrected chi connectivity index (χ3v) is 6.06. The Balaban J connectivity index is 1.74. The van der Waals surface area contributed by atoms with E-state index in [-0.39, 0.29) is 12.6 Å². The van der Waals surface area contributed by atoms with Gasteiger partial charge in [-0.25, -0.2) is 0 Å². The topological polar surface area (TPSA) is 50.8 Å². The number of nitrogens with zero attached hydrogens (tertiary/aromatic N) is 1. The van der Waals surface area contributed by atoms with Gasteiger partial charge in [-0.1, -0.05) is 53.2 Å². The molecule has 0 aromatic heterocycles. The number of benzene rings is 2. The number of anilines is 1. The molecule has 0 radical (unpaired) electrons. The molecule has 0 spiro atoms.